The number of nitrogens with one attached hydrogen (secondary N) is 1. The van der Waals surface area contributed by atoms with Gasteiger partial charge in [0.25, 0.3) is 0 Å². The van der Waals surface area contributed by atoms with Gasteiger partial charge < -0.3 is 9.88 Å². The Kier molecular flexibility index (Phi) is 3.40. The van der Waals surface area contributed by atoms with Gasteiger partial charge >= 0.3 is 0 Å². The molecule has 4 aromatic rings. The molecular weight excluding hydrogens is 355 g/mol. The van der Waals surface area contributed by atoms with E-state index in [9.17, 15) is 13.2 Å². The van der Waals surface area contributed by atoms with Gasteiger partial charge in [-0.25, -0.2) is 18.2 Å². The fourth-order valence-corrected chi connectivity index (χ4v) is 3.40. The van der Waals surface area contributed by atoms with Crippen LogP contribution in [0, 0.1) is 17.5 Å². The fourth-order valence-electron chi connectivity index (χ4n) is 3.40. The molecule has 0 bridgehead atoms. The summed E-state index contributed by atoms with van der Waals surface area (Å²) in [5, 5.41) is 3.10. The van der Waals surface area contributed by atoms with E-state index in [0.717, 1.165) is 6.07 Å². The van der Waals surface area contributed by atoms with Gasteiger partial charge in [0.1, 0.15) is 11.5 Å². The molecule has 5 nitrogen and oxygen atoms in total. The molecule has 8 heteroatoms. The third-order valence-corrected chi connectivity index (χ3v) is 4.58. The molecule has 0 radical (unpaired) electrons. The van der Waals surface area contributed by atoms with Crippen LogP contribution in [0.15, 0.2) is 42.7 Å². The van der Waals surface area contributed by atoms with Crippen molar-refractivity contribution < 1.29 is 13.2 Å². The molecule has 27 heavy (non-hydrogen) atoms. The SMILES string of the molecule is Fc1cc(F)c(F)c(-c2nc3n(c2-c2ccc4nccnc4c2)CCN3)c1. The van der Waals surface area contributed by atoms with Crippen LogP contribution in [-0.2, 0) is 6.54 Å². The summed E-state index contributed by atoms with van der Waals surface area (Å²) >= 11 is 0. The lowest BCUT2D eigenvalue weighted by Crippen LogP contribution is -2.00. The van der Waals surface area contributed by atoms with Crippen molar-refractivity contribution in [2.45, 2.75) is 6.54 Å². The summed E-state index contributed by atoms with van der Waals surface area (Å²) in [6.45, 7) is 1.28. The van der Waals surface area contributed by atoms with E-state index in [2.05, 4.69) is 20.3 Å². The molecule has 5 rings (SSSR count). The van der Waals surface area contributed by atoms with Crippen molar-refractivity contribution >= 4 is 17.0 Å². The number of benzene rings is 2. The maximum atomic E-state index is 14.4. The van der Waals surface area contributed by atoms with Crippen LogP contribution in [0.3, 0.4) is 0 Å². The van der Waals surface area contributed by atoms with Crippen LogP contribution >= 0.6 is 0 Å². The minimum absolute atomic E-state index is 0.177. The average molecular weight is 367 g/mol. The minimum Gasteiger partial charge on any atom is -0.354 e. The Morgan fingerprint density at radius 2 is 1.78 bits per heavy atom. The number of fused-ring (bicyclic) bond motifs is 2. The predicted octanol–water partition coefficient (Wildman–Crippen LogP) is 4.00. The molecular formula is C19H12F3N5. The third kappa shape index (κ3) is 2.44. The first-order valence-electron chi connectivity index (χ1n) is 8.32. The molecule has 2 aromatic carbocycles. The van der Waals surface area contributed by atoms with Crippen LogP contribution in [0.4, 0.5) is 19.1 Å². The van der Waals surface area contributed by atoms with Gasteiger partial charge in [0, 0.05) is 42.7 Å². The van der Waals surface area contributed by atoms with Crippen LogP contribution in [-0.4, -0.2) is 26.1 Å². The van der Waals surface area contributed by atoms with Crippen LogP contribution in [0.2, 0.25) is 0 Å². The van der Waals surface area contributed by atoms with Crippen LogP contribution < -0.4 is 5.32 Å². The lowest BCUT2D eigenvalue weighted by Gasteiger charge is -2.10. The Bertz CT molecular complexity index is 1200. The molecule has 0 aliphatic carbocycles. The molecule has 0 fully saturated rings. The number of hydrogen-bond acceptors (Lipinski definition) is 4. The van der Waals surface area contributed by atoms with E-state index in [4.69, 9.17) is 0 Å². The normalized spacial score (nSPS) is 13.0. The molecule has 2 aromatic heterocycles. The Labute approximate surface area is 151 Å². The molecule has 134 valence electrons. The molecule has 0 spiro atoms. The summed E-state index contributed by atoms with van der Waals surface area (Å²) < 4.78 is 43.9. The summed E-state index contributed by atoms with van der Waals surface area (Å²) in [5.41, 5.74) is 2.62. The van der Waals surface area contributed by atoms with Gasteiger partial charge in [0.15, 0.2) is 11.6 Å². The highest BCUT2D eigenvalue weighted by molar-refractivity contribution is 5.87. The first kappa shape index (κ1) is 15.8. The van der Waals surface area contributed by atoms with Gasteiger partial charge in [-0.1, -0.05) is 6.07 Å². The van der Waals surface area contributed by atoms with Gasteiger partial charge in [0.2, 0.25) is 5.95 Å². The molecule has 1 N–H and O–H groups in total. The second-order valence-electron chi connectivity index (χ2n) is 6.22. The molecule has 1 aliphatic rings. The standard InChI is InChI=1S/C19H12F3N5/c20-11-8-12(16(22)13(21)9-11)17-18(27-6-5-25-19(27)26-17)10-1-2-14-15(7-10)24-4-3-23-14/h1-4,7-9H,5-6H2,(H,25,26). The van der Waals surface area contributed by atoms with Crippen LogP contribution in [0.5, 0.6) is 0 Å². The topological polar surface area (TPSA) is 55.6 Å². The Morgan fingerprint density at radius 1 is 0.963 bits per heavy atom. The fraction of sp³-hybridized carbons (Fsp3) is 0.105. The minimum atomic E-state index is -1.25. The number of anilines is 1. The van der Waals surface area contributed by atoms with Gasteiger partial charge in [-0.05, 0) is 18.2 Å². The largest absolute Gasteiger partial charge is 0.354 e. The van der Waals surface area contributed by atoms with Gasteiger partial charge in [0.05, 0.1) is 16.7 Å². The number of imidazole rings is 1. The molecule has 0 unspecified atom stereocenters. The zero-order valence-corrected chi connectivity index (χ0v) is 13.9. The molecule has 0 atom stereocenters. The zero-order valence-electron chi connectivity index (χ0n) is 13.9. The first-order chi connectivity index (χ1) is 13.1. The van der Waals surface area contributed by atoms with E-state index < -0.39 is 17.5 Å². The van der Waals surface area contributed by atoms with Gasteiger partial charge in [-0.3, -0.25) is 9.97 Å². The van der Waals surface area contributed by atoms with Crippen molar-refractivity contribution in [3.63, 3.8) is 0 Å². The lowest BCUT2D eigenvalue weighted by molar-refractivity contribution is 0.497. The molecule has 0 amide bonds. The van der Waals surface area contributed by atoms with Crippen molar-refractivity contribution in [3.8, 4) is 22.5 Å². The Hall–Kier alpha value is -3.42. The number of hydrogen-bond donors (Lipinski definition) is 1. The second kappa shape index (κ2) is 5.80. The lowest BCUT2D eigenvalue weighted by atomic mass is 10.0. The second-order valence-corrected chi connectivity index (χ2v) is 6.22. The van der Waals surface area contributed by atoms with E-state index in [-0.39, 0.29) is 11.3 Å². The summed E-state index contributed by atoms with van der Waals surface area (Å²) in [6, 6.07) is 6.90. The van der Waals surface area contributed by atoms with Crippen molar-refractivity contribution in [3.05, 3.63) is 60.2 Å². The monoisotopic (exact) mass is 367 g/mol. The highest BCUT2D eigenvalue weighted by Gasteiger charge is 2.26. The first-order valence-corrected chi connectivity index (χ1v) is 8.32. The van der Waals surface area contributed by atoms with Gasteiger partial charge in [-0.15, -0.1) is 0 Å². The van der Waals surface area contributed by atoms with Crippen molar-refractivity contribution in [1.29, 1.82) is 0 Å². The smallest absolute Gasteiger partial charge is 0.204 e. The number of halogens is 3. The van der Waals surface area contributed by atoms with E-state index in [0.29, 0.717) is 47.4 Å². The van der Waals surface area contributed by atoms with E-state index in [1.165, 1.54) is 0 Å². The maximum Gasteiger partial charge on any atom is 0.204 e. The van der Waals surface area contributed by atoms with Crippen LogP contribution in [0.1, 0.15) is 0 Å². The quantitative estimate of drug-likeness (QED) is 0.544. The summed E-state index contributed by atoms with van der Waals surface area (Å²) in [7, 11) is 0. The molecule has 0 saturated heterocycles. The third-order valence-electron chi connectivity index (χ3n) is 4.58. The summed E-state index contributed by atoms with van der Waals surface area (Å²) in [5.74, 6) is -2.71. The van der Waals surface area contributed by atoms with Crippen molar-refractivity contribution in [1.82, 2.24) is 19.5 Å². The summed E-state index contributed by atoms with van der Waals surface area (Å²) in [6.07, 6.45) is 3.18. The Balaban J connectivity index is 1.79. The molecule has 3 heterocycles. The van der Waals surface area contributed by atoms with E-state index in [1.54, 1.807) is 18.5 Å². The predicted molar refractivity (Wildman–Crippen MR) is 94.6 cm³/mol. The highest BCUT2D eigenvalue weighted by Crippen LogP contribution is 2.38. The zero-order chi connectivity index (χ0) is 18.5. The number of nitrogens with zero attached hydrogens (tertiary/aromatic N) is 4. The Morgan fingerprint density at radius 3 is 2.63 bits per heavy atom. The maximum absolute atomic E-state index is 14.4. The number of rotatable bonds is 2. The van der Waals surface area contributed by atoms with Crippen molar-refractivity contribution in [2.24, 2.45) is 0 Å². The van der Waals surface area contributed by atoms with Crippen LogP contribution in [0.25, 0.3) is 33.5 Å². The number of aromatic nitrogens is 4. The average Bonchev–Trinajstić information content (AvgIpc) is 3.25. The van der Waals surface area contributed by atoms with Crippen molar-refractivity contribution in [2.75, 3.05) is 11.9 Å². The summed E-state index contributed by atoms with van der Waals surface area (Å²) in [4.78, 5) is 12.9. The van der Waals surface area contributed by atoms with Gasteiger partial charge in [-0.2, -0.15) is 0 Å². The molecule has 0 saturated carbocycles. The highest BCUT2D eigenvalue weighted by atomic mass is 19.2. The van der Waals surface area contributed by atoms with E-state index >= 15 is 0 Å². The van der Waals surface area contributed by atoms with E-state index in [1.807, 2.05) is 16.7 Å². The molecule has 1 aliphatic heterocycles.